The van der Waals surface area contributed by atoms with E-state index in [4.69, 9.17) is 9.72 Å². The van der Waals surface area contributed by atoms with Gasteiger partial charge >= 0.3 is 5.97 Å². The van der Waals surface area contributed by atoms with E-state index in [2.05, 4.69) is 28.1 Å². The fourth-order valence-electron chi connectivity index (χ4n) is 4.14. The molecule has 1 aliphatic heterocycles. The number of para-hydroxylation sites is 1. The molecule has 1 saturated heterocycles. The SMILES string of the molecule is O=C1CCCC(/C=C/c2c(C3CC3)nc3ccccc3c2-c2ccc(F)cc2Br)O1. The summed E-state index contributed by atoms with van der Waals surface area (Å²) in [6.45, 7) is 0. The molecule has 5 heteroatoms. The highest BCUT2D eigenvalue weighted by Gasteiger charge is 2.30. The van der Waals surface area contributed by atoms with E-state index in [-0.39, 0.29) is 17.9 Å². The first-order chi connectivity index (χ1) is 14.6. The molecule has 1 saturated carbocycles. The third-order valence-corrected chi connectivity index (χ3v) is 6.41. The van der Waals surface area contributed by atoms with Gasteiger partial charge in [0.25, 0.3) is 0 Å². The Morgan fingerprint density at radius 1 is 1.13 bits per heavy atom. The number of nitrogens with zero attached hydrogens (tertiary/aromatic N) is 1. The second kappa shape index (κ2) is 7.95. The van der Waals surface area contributed by atoms with Gasteiger partial charge in [-0.3, -0.25) is 9.78 Å². The molecule has 0 amide bonds. The molecule has 1 aromatic heterocycles. The summed E-state index contributed by atoms with van der Waals surface area (Å²) in [6, 6.07) is 12.9. The van der Waals surface area contributed by atoms with E-state index in [1.165, 1.54) is 12.1 Å². The topological polar surface area (TPSA) is 39.2 Å². The Kier molecular flexibility index (Phi) is 5.15. The minimum atomic E-state index is -0.280. The second-order valence-electron chi connectivity index (χ2n) is 7.98. The first-order valence-corrected chi connectivity index (χ1v) is 11.1. The molecule has 2 aromatic carbocycles. The molecule has 0 N–H and O–H groups in total. The van der Waals surface area contributed by atoms with Gasteiger partial charge in [-0.25, -0.2) is 4.39 Å². The Morgan fingerprint density at radius 2 is 1.97 bits per heavy atom. The largest absolute Gasteiger partial charge is 0.458 e. The van der Waals surface area contributed by atoms with Gasteiger partial charge in [-0.15, -0.1) is 0 Å². The van der Waals surface area contributed by atoms with Crippen LogP contribution in [0, 0.1) is 5.82 Å². The maximum absolute atomic E-state index is 13.8. The van der Waals surface area contributed by atoms with Crippen LogP contribution < -0.4 is 0 Å². The summed E-state index contributed by atoms with van der Waals surface area (Å²) in [5.74, 6) is 0.00945. The molecule has 2 fully saturated rings. The number of carbonyl (C=O) groups excluding carboxylic acids is 1. The lowest BCUT2D eigenvalue weighted by molar-refractivity contribution is -0.150. The van der Waals surface area contributed by atoms with Gasteiger partial charge < -0.3 is 4.74 Å². The Labute approximate surface area is 183 Å². The molecule has 30 heavy (non-hydrogen) atoms. The van der Waals surface area contributed by atoms with Crippen molar-refractivity contribution in [2.24, 2.45) is 0 Å². The van der Waals surface area contributed by atoms with E-state index in [1.807, 2.05) is 30.3 Å². The van der Waals surface area contributed by atoms with E-state index >= 15 is 0 Å². The predicted octanol–water partition coefficient (Wildman–Crippen LogP) is 6.79. The number of rotatable bonds is 4. The molecule has 5 rings (SSSR count). The Hall–Kier alpha value is -2.53. The molecule has 0 bridgehead atoms. The number of ether oxygens (including phenoxy) is 1. The lowest BCUT2D eigenvalue weighted by atomic mass is 9.92. The van der Waals surface area contributed by atoms with E-state index in [0.29, 0.717) is 16.8 Å². The van der Waals surface area contributed by atoms with Crippen molar-refractivity contribution in [2.75, 3.05) is 0 Å². The van der Waals surface area contributed by atoms with Gasteiger partial charge in [-0.05, 0) is 55.5 Å². The van der Waals surface area contributed by atoms with Gasteiger partial charge in [-0.2, -0.15) is 0 Å². The highest BCUT2D eigenvalue weighted by molar-refractivity contribution is 9.10. The quantitative estimate of drug-likeness (QED) is 0.398. The van der Waals surface area contributed by atoms with E-state index < -0.39 is 0 Å². The number of aromatic nitrogens is 1. The van der Waals surface area contributed by atoms with Crippen molar-refractivity contribution >= 4 is 38.9 Å². The summed E-state index contributed by atoms with van der Waals surface area (Å²) < 4.78 is 20.0. The van der Waals surface area contributed by atoms with Crippen molar-refractivity contribution in [2.45, 2.75) is 44.1 Å². The first kappa shape index (κ1) is 19.4. The van der Waals surface area contributed by atoms with Crippen LogP contribution in [0.5, 0.6) is 0 Å². The van der Waals surface area contributed by atoms with Crippen LogP contribution in [0.4, 0.5) is 4.39 Å². The Morgan fingerprint density at radius 3 is 2.73 bits per heavy atom. The zero-order chi connectivity index (χ0) is 20.7. The highest BCUT2D eigenvalue weighted by atomic mass is 79.9. The van der Waals surface area contributed by atoms with E-state index in [0.717, 1.165) is 59.0 Å². The van der Waals surface area contributed by atoms with Gasteiger partial charge in [-0.1, -0.05) is 46.3 Å². The van der Waals surface area contributed by atoms with Crippen LogP contribution in [0.1, 0.15) is 49.3 Å². The minimum absolute atomic E-state index is 0.142. The monoisotopic (exact) mass is 465 g/mol. The zero-order valence-corrected chi connectivity index (χ0v) is 18.0. The maximum atomic E-state index is 13.8. The van der Waals surface area contributed by atoms with Crippen LogP contribution in [0.2, 0.25) is 0 Å². The van der Waals surface area contributed by atoms with E-state index in [9.17, 15) is 9.18 Å². The number of benzene rings is 2. The fourth-order valence-corrected chi connectivity index (χ4v) is 4.69. The van der Waals surface area contributed by atoms with Crippen molar-refractivity contribution in [3.05, 3.63) is 70.1 Å². The van der Waals surface area contributed by atoms with Crippen LogP contribution >= 0.6 is 15.9 Å². The van der Waals surface area contributed by atoms with Gasteiger partial charge in [0.1, 0.15) is 11.9 Å². The molecule has 3 nitrogen and oxygen atoms in total. The third-order valence-electron chi connectivity index (χ3n) is 5.75. The zero-order valence-electron chi connectivity index (χ0n) is 16.4. The highest BCUT2D eigenvalue weighted by Crippen LogP contribution is 2.46. The molecule has 0 spiro atoms. The molecule has 1 unspecified atom stereocenters. The van der Waals surface area contributed by atoms with Crippen molar-refractivity contribution < 1.29 is 13.9 Å². The smallest absolute Gasteiger partial charge is 0.306 e. The number of carbonyl (C=O) groups is 1. The average molecular weight is 466 g/mol. The molecule has 0 radical (unpaired) electrons. The third kappa shape index (κ3) is 3.79. The van der Waals surface area contributed by atoms with Gasteiger partial charge in [0.15, 0.2) is 0 Å². The van der Waals surface area contributed by atoms with Crippen LogP contribution in [0.15, 0.2) is 53.0 Å². The van der Waals surface area contributed by atoms with Gasteiger partial charge in [0.05, 0.1) is 11.2 Å². The molecule has 2 heterocycles. The Balaban J connectivity index is 1.72. The molecular formula is C25H21BrFNO2. The van der Waals surface area contributed by atoms with Crippen LogP contribution in [0.3, 0.4) is 0 Å². The lowest BCUT2D eigenvalue weighted by Crippen LogP contribution is -2.21. The first-order valence-electron chi connectivity index (χ1n) is 10.4. The number of cyclic esters (lactones) is 1. The minimum Gasteiger partial charge on any atom is -0.458 e. The second-order valence-corrected chi connectivity index (χ2v) is 8.84. The predicted molar refractivity (Wildman–Crippen MR) is 120 cm³/mol. The van der Waals surface area contributed by atoms with Crippen LogP contribution in [0.25, 0.3) is 28.1 Å². The molecule has 1 aliphatic carbocycles. The Bertz CT molecular complexity index is 1170. The average Bonchev–Trinajstić information content (AvgIpc) is 3.57. The van der Waals surface area contributed by atoms with E-state index in [1.54, 1.807) is 0 Å². The van der Waals surface area contributed by atoms with Crippen molar-refractivity contribution in [3.8, 4) is 11.1 Å². The summed E-state index contributed by atoms with van der Waals surface area (Å²) >= 11 is 3.56. The summed E-state index contributed by atoms with van der Waals surface area (Å²) in [6.07, 6.45) is 8.23. The maximum Gasteiger partial charge on any atom is 0.306 e. The molecule has 152 valence electrons. The molecular weight excluding hydrogens is 445 g/mol. The summed E-state index contributed by atoms with van der Waals surface area (Å²) in [4.78, 5) is 16.7. The summed E-state index contributed by atoms with van der Waals surface area (Å²) in [7, 11) is 0. The number of esters is 1. The summed E-state index contributed by atoms with van der Waals surface area (Å²) in [5, 5.41) is 1.02. The fraction of sp³-hybridized carbons (Fsp3) is 0.280. The molecule has 3 aromatic rings. The number of fused-ring (bicyclic) bond motifs is 1. The van der Waals surface area contributed by atoms with Crippen LogP contribution in [-0.2, 0) is 9.53 Å². The van der Waals surface area contributed by atoms with Crippen molar-refractivity contribution in [1.82, 2.24) is 4.98 Å². The van der Waals surface area contributed by atoms with Crippen LogP contribution in [-0.4, -0.2) is 17.1 Å². The number of hydrogen-bond donors (Lipinski definition) is 0. The number of hydrogen-bond acceptors (Lipinski definition) is 3. The normalized spacial score (nSPS) is 19.4. The van der Waals surface area contributed by atoms with Gasteiger partial charge in [0.2, 0.25) is 0 Å². The van der Waals surface area contributed by atoms with Gasteiger partial charge in [0, 0.05) is 33.3 Å². The van der Waals surface area contributed by atoms with Crippen molar-refractivity contribution in [1.29, 1.82) is 0 Å². The number of halogens is 2. The molecule has 2 aliphatic rings. The molecule has 1 atom stereocenters. The van der Waals surface area contributed by atoms with Crippen molar-refractivity contribution in [3.63, 3.8) is 0 Å². The standard InChI is InChI=1S/C25H21BrFNO2/c26-21-14-16(27)10-12-18(21)24-19-5-1-2-6-22(19)28-25(15-8-9-15)20(24)13-11-17-4-3-7-23(29)30-17/h1-2,5-6,10-15,17H,3-4,7-9H2/b13-11+. The summed E-state index contributed by atoms with van der Waals surface area (Å²) in [5.41, 5.74) is 5.00. The lowest BCUT2D eigenvalue weighted by Gasteiger charge is -2.20. The number of pyridine rings is 1.